The number of nitrogens with one attached hydrogen (secondary N) is 1. The summed E-state index contributed by atoms with van der Waals surface area (Å²) in [5.74, 6) is 0. The average Bonchev–Trinajstić information content (AvgIpc) is 2.45. The molecule has 3 nitrogen and oxygen atoms in total. The Bertz CT molecular complexity index is 303. The lowest BCUT2D eigenvalue weighted by Crippen LogP contribution is -2.33. The first-order valence-electron chi connectivity index (χ1n) is 7.22. The number of ether oxygens (including phenoxy) is 2. The second-order valence-corrected chi connectivity index (χ2v) is 4.74. The van der Waals surface area contributed by atoms with Crippen LogP contribution >= 0.6 is 0 Å². The third-order valence-corrected chi connectivity index (χ3v) is 2.96. The Labute approximate surface area is 117 Å². The first-order chi connectivity index (χ1) is 9.36. The minimum absolute atomic E-state index is 0.160. The minimum atomic E-state index is 0.160. The van der Waals surface area contributed by atoms with Gasteiger partial charge in [0.15, 0.2) is 0 Å². The summed E-state index contributed by atoms with van der Waals surface area (Å²) in [5.41, 5.74) is 1.37. The standard InChI is InChI=1S/C16H27NO2/c1-3-11-17-13-16(14-18-2)19-12-7-10-15-8-5-4-6-9-15/h4-6,8-9,16-17H,3,7,10-14H2,1-2H3. The molecule has 1 unspecified atom stereocenters. The average molecular weight is 265 g/mol. The summed E-state index contributed by atoms with van der Waals surface area (Å²) in [7, 11) is 1.72. The van der Waals surface area contributed by atoms with E-state index in [4.69, 9.17) is 9.47 Å². The zero-order valence-corrected chi connectivity index (χ0v) is 12.2. The molecular weight excluding hydrogens is 238 g/mol. The molecule has 19 heavy (non-hydrogen) atoms. The fraction of sp³-hybridized carbons (Fsp3) is 0.625. The van der Waals surface area contributed by atoms with Gasteiger partial charge < -0.3 is 14.8 Å². The van der Waals surface area contributed by atoms with Crippen LogP contribution in [0.3, 0.4) is 0 Å². The molecule has 1 aromatic rings. The van der Waals surface area contributed by atoms with Crippen LogP contribution in [0.2, 0.25) is 0 Å². The second kappa shape index (κ2) is 11.0. The maximum atomic E-state index is 5.86. The molecule has 0 aliphatic rings. The highest BCUT2D eigenvalue weighted by atomic mass is 16.5. The van der Waals surface area contributed by atoms with Crippen LogP contribution in [0.4, 0.5) is 0 Å². The van der Waals surface area contributed by atoms with Crippen molar-refractivity contribution in [2.24, 2.45) is 0 Å². The number of hydrogen-bond donors (Lipinski definition) is 1. The zero-order chi connectivity index (χ0) is 13.8. The highest BCUT2D eigenvalue weighted by Gasteiger charge is 2.07. The van der Waals surface area contributed by atoms with Crippen molar-refractivity contribution in [3.05, 3.63) is 35.9 Å². The van der Waals surface area contributed by atoms with Crippen molar-refractivity contribution < 1.29 is 9.47 Å². The van der Waals surface area contributed by atoms with Gasteiger partial charge in [0, 0.05) is 20.3 Å². The molecule has 0 radical (unpaired) electrons. The van der Waals surface area contributed by atoms with E-state index in [2.05, 4.69) is 36.5 Å². The number of hydrogen-bond acceptors (Lipinski definition) is 3. The maximum Gasteiger partial charge on any atom is 0.0932 e. The van der Waals surface area contributed by atoms with E-state index in [0.29, 0.717) is 6.61 Å². The number of aryl methyl sites for hydroxylation is 1. The van der Waals surface area contributed by atoms with Crippen LogP contribution in [0.25, 0.3) is 0 Å². The monoisotopic (exact) mass is 265 g/mol. The van der Waals surface area contributed by atoms with E-state index < -0.39 is 0 Å². The van der Waals surface area contributed by atoms with Crippen molar-refractivity contribution in [2.45, 2.75) is 32.3 Å². The zero-order valence-electron chi connectivity index (χ0n) is 12.2. The number of rotatable bonds is 11. The normalized spacial score (nSPS) is 12.5. The lowest BCUT2D eigenvalue weighted by Gasteiger charge is -2.17. The van der Waals surface area contributed by atoms with E-state index in [1.807, 2.05) is 6.07 Å². The molecule has 0 aliphatic heterocycles. The van der Waals surface area contributed by atoms with Crippen molar-refractivity contribution in [2.75, 3.05) is 33.4 Å². The Balaban J connectivity index is 2.13. The van der Waals surface area contributed by atoms with Gasteiger partial charge in [0.25, 0.3) is 0 Å². The first kappa shape index (κ1) is 16.2. The summed E-state index contributed by atoms with van der Waals surface area (Å²) >= 11 is 0. The summed E-state index contributed by atoms with van der Waals surface area (Å²) in [4.78, 5) is 0. The van der Waals surface area contributed by atoms with E-state index in [1.54, 1.807) is 7.11 Å². The Morgan fingerprint density at radius 3 is 2.68 bits per heavy atom. The summed E-state index contributed by atoms with van der Waals surface area (Å²) in [6.07, 6.45) is 3.43. The molecule has 0 aromatic heterocycles. The summed E-state index contributed by atoms with van der Waals surface area (Å²) in [6.45, 7) is 5.51. The van der Waals surface area contributed by atoms with Gasteiger partial charge in [-0.05, 0) is 31.4 Å². The fourth-order valence-corrected chi connectivity index (χ4v) is 1.96. The molecule has 1 atom stereocenters. The van der Waals surface area contributed by atoms with Gasteiger partial charge >= 0.3 is 0 Å². The molecule has 0 heterocycles. The van der Waals surface area contributed by atoms with E-state index in [-0.39, 0.29) is 6.10 Å². The highest BCUT2D eigenvalue weighted by molar-refractivity contribution is 5.14. The molecule has 1 aromatic carbocycles. The predicted molar refractivity (Wildman–Crippen MR) is 79.5 cm³/mol. The molecular formula is C16H27NO2. The molecule has 0 bridgehead atoms. The Kier molecular flexibility index (Phi) is 9.33. The number of benzene rings is 1. The van der Waals surface area contributed by atoms with E-state index in [0.717, 1.165) is 39.0 Å². The van der Waals surface area contributed by atoms with E-state index >= 15 is 0 Å². The lowest BCUT2D eigenvalue weighted by atomic mass is 10.1. The SMILES string of the molecule is CCCNCC(COC)OCCCc1ccccc1. The van der Waals surface area contributed by atoms with Crippen LogP contribution in [-0.4, -0.2) is 39.5 Å². The highest BCUT2D eigenvalue weighted by Crippen LogP contribution is 2.03. The molecule has 0 saturated heterocycles. The molecule has 0 aliphatic carbocycles. The van der Waals surface area contributed by atoms with Crippen molar-refractivity contribution in [3.8, 4) is 0 Å². The number of methoxy groups -OCH3 is 1. The first-order valence-corrected chi connectivity index (χ1v) is 7.22. The van der Waals surface area contributed by atoms with Crippen molar-refractivity contribution >= 4 is 0 Å². The van der Waals surface area contributed by atoms with E-state index in [1.165, 1.54) is 5.56 Å². The van der Waals surface area contributed by atoms with Crippen molar-refractivity contribution in [3.63, 3.8) is 0 Å². The molecule has 108 valence electrons. The molecule has 3 heteroatoms. The summed E-state index contributed by atoms with van der Waals surface area (Å²) < 4.78 is 11.0. The Hall–Kier alpha value is -0.900. The Morgan fingerprint density at radius 2 is 2.00 bits per heavy atom. The third-order valence-electron chi connectivity index (χ3n) is 2.96. The largest absolute Gasteiger partial charge is 0.382 e. The van der Waals surface area contributed by atoms with E-state index in [9.17, 15) is 0 Å². The van der Waals surface area contributed by atoms with Crippen LogP contribution in [-0.2, 0) is 15.9 Å². The molecule has 0 fully saturated rings. The van der Waals surface area contributed by atoms with Crippen LogP contribution in [0.1, 0.15) is 25.3 Å². The molecule has 1 N–H and O–H groups in total. The minimum Gasteiger partial charge on any atom is -0.382 e. The van der Waals surface area contributed by atoms with Gasteiger partial charge in [0.05, 0.1) is 12.7 Å². The lowest BCUT2D eigenvalue weighted by molar-refractivity contribution is -0.00163. The topological polar surface area (TPSA) is 30.5 Å². The van der Waals surface area contributed by atoms with Gasteiger partial charge in [0.2, 0.25) is 0 Å². The summed E-state index contributed by atoms with van der Waals surface area (Å²) in [5, 5.41) is 3.37. The molecule has 0 saturated carbocycles. The van der Waals surface area contributed by atoms with Crippen LogP contribution < -0.4 is 5.32 Å². The van der Waals surface area contributed by atoms with Gasteiger partial charge in [-0.2, -0.15) is 0 Å². The maximum absolute atomic E-state index is 5.86. The Morgan fingerprint density at radius 1 is 1.21 bits per heavy atom. The van der Waals surface area contributed by atoms with Gasteiger partial charge in [0.1, 0.15) is 0 Å². The van der Waals surface area contributed by atoms with Gasteiger partial charge in [-0.25, -0.2) is 0 Å². The summed E-state index contributed by atoms with van der Waals surface area (Å²) in [6, 6.07) is 10.5. The van der Waals surface area contributed by atoms with Gasteiger partial charge in [-0.15, -0.1) is 0 Å². The second-order valence-electron chi connectivity index (χ2n) is 4.74. The molecule has 0 amide bonds. The van der Waals surface area contributed by atoms with Crippen LogP contribution in [0, 0.1) is 0 Å². The predicted octanol–water partition coefficient (Wildman–Crippen LogP) is 2.65. The van der Waals surface area contributed by atoms with Gasteiger partial charge in [-0.1, -0.05) is 37.3 Å². The molecule has 0 spiro atoms. The molecule has 1 rings (SSSR count). The third kappa shape index (κ3) is 7.98. The van der Waals surface area contributed by atoms with Gasteiger partial charge in [-0.3, -0.25) is 0 Å². The fourth-order valence-electron chi connectivity index (χ4n) is 1.96. The van der Waals surface area contributed by atoms with Crippen LogP contribution in [0.15, 0.2) is 30.3 Å². The smallest absolute Gasteiger partial charge is 0.0932 e. The van der Waals surface area contributed by atoms with Crippen molar-refractivity contribution in [1.82, 2.24) is 5.32 Å². The van der Waals surface area contributed by atoms with Crippen molar-refractivity contribution in [1.29, 1.82) is 0 Å². The quantitative estimate of drug-likeness (QED) is 0.624. The van der Waals surface area contributed by atoms with Crippen LogP contribution in [0.5, 0.6) is 0 Å².